The highest BCUT2D eigenvalue weighted by Gasteiger charge is 2.08. The Morgan fingerprint density at radius 3 is 2.27 bits per heavy atom. The summed E-state index contributed by atoms with van der Waals surface area (Å²) in [5, 5.41) is 17.3. The summed E-state index contributed by atoms with van der Waals surface area (Å²) in [5.74, 6) is -0.544. The summed E-state index contributed by atoms with van der Waals surface area (Å²) in [6.07, 6.45) is 1.41. The van der Waals surface area contributed by atoms with Gasteiger partial charge in [-0.05, 0) is 36.1 Å². The summed E-state index contributed by atoms with van der Waals surface area (Å²) in [6.45, 7) is 0.167. The number of nitrogens with two attached hydrogens (primary N) is 1. The highest BCUT2D eigenvalue weighted by molar-refractivity contribution is 7.92. The molecule has 8 nitrogen and oxygen atoms in total. The van der Waals surface area contributed by atoms with Crippen LogP contribution >= 0.6 is 0 Å². The summed E-state index contributed by atoms with van der Waals surface area (Å²) in [6, 6.07) is 12.2. The molecule has 0 unspecified atom stereocenters. The predicted octanol–water partition coefficient (Wildman–Crippen LogP) is 0.0551. The minimum absolute atomic E-state index is 0.00930. The van der Waals surface area contributed by atoms with E-state index in [1.807, 2.05) is 0 Å². The molecule has 0 aliphatic rings. The van der Waals surface area contributed by atoms with Crippen LogP contribution in [0.3, 0.4) is 0 Å². The maximum absolute atomic E-state index is 12.2. The molecule has 3 N–H and O–H groups in total. The molecule has 0 saturated heterocycles. The van der Waals surface area contributed by atoms with E-state index in [1.165, 1.54) is 24.3 Å². The first kappa shape index (κ1) is 19.9. The van der Waals surface area contributed by atoms with Gasteiger partial charge < -0.3 is 10.1 Å². The second-order valence-corrected chi connectivity index (χ2v) is 8.86. The van der Waals surface area contributed by atoms with Gasteiger partial charge in [-0.25, -0.2) is 22.0 Å². The van der Waals surface area contributed by atoms with Gasteiger partial charge in [0.25, 0.3) is 0 Å². The fourth-order valence-corrected chi connectivity index (χ4v) is 3.27. The Bertz CT molecular complexity index is 1010. The van der Waals surface area contributed by atoms with Gasteiger partial charge in [0.2, 0.25) is 20.0 Å². The molecule has 0 saturated carbocycles. The first-order valence-corrected chi connectivity index (χ1v) is 10.9. The van der Waals surface area contributed by atoms with Crippen molar-refractivity contribution in [3.63, 3.8) is 0 Å². The molecular weight excluding hydrogens is 378 g/mol. The van der Waals surface area contributed by atoms with Crippen molar-refractivity contribution in [1.29, 1.82) is 0 Å². The predicted molar refractivity (Wildman–Crippen MR) is 97.8 cm³/mol. The third kappa shape index (κ3) is 5.83. The number of anilines is 1. The van der Waals surface area contributed by atoms with E-state index in [0.717, 1.165) is 11.8 Å². The van der Waals surface area contributed by atoms with Crippen LogP contribution in [0.5, 0.6) is 0 Å². The maximum Gasteiger partial charge on any atom is 0.238 e. The molecule has 140 valence electrons. The van der Waals surface area contributed by atoms with Gasteiger partial charge in [-0.2, -0.15) is 0 Å². The van der Waals surface area contributed by atoms with Crippen molar-refractivity contribution in [1.82, 2.24) is 0 Å². The standard InChI is InChI=1S/C16H19N3O5S2/c1-25(21,22)19-15-5-3-2-4-14(15)16(20)18-11-10-12-6-8-13(9-7-12)26(17,23)24/h2-9,19H,10-11H2,1H3,(H,18,20)(H2,17,23,24)/p-1. The van der Waals surface area contributed by atoms with E-state index in [4.69, 9.17) is 5.14 Å². The average molecular weight is 396 g/mol. The quantitative estimate of drug-likeness (QED) is 0.502. The molecule has 0 spiro atoms. The third-order valence-electron chi connectivity index (χ3n) is 3.36. The third-order valence-corrected chi connectivity index (χ3v) is 4.88. The molecule has 2 aromatic carbocycles. The molecule has 0 radical (unpaired) electrons. The average Bonchev–Trinajstić information content (AvgIpc) is 2.53. The van der Waals surface area contributed by atoms with Crippen LogP contribution in [-0.4, -0.2) is 35.5 Å². The SMILES string of the molecule is CS(=O)(=O)Nc1ccccc1C([O-])=NCCc1ccc(S(N)(=O)=O)cc1. The van der Waals surface area contributed by atoms with Gasteiger partial charge in [-0.15, -0.1) is 0 Å². The molecule has 2 rings (SSSR count). The Morgan fingerprint density at radius 1 is 1.08 bits per heavy atom. The molecule has 26 heavy (non-hydrogen) atoms. The van der Waals surface area contributed by atoms with Crippen molar-refractivity contribution in [2.24, 2.45) is 10.1 Å². The smallest absolute Gasteiger partial charge is 0.238 e. The molecule has 0 atom stereocenters. The summed E-state index contributed by atoms with van der Waals surface area (Å²) < 4.78 is 47.4. The van der Waals surface area contributed by atoms with Crippen LogP contribution in [0, 0.1) is 0 Å². The molecule has 2 aromatic rings. The van der Waals surface area contributed by atoms with E-state index in [0.29, 0.717) is 6.42 Å². The van der Waals surface area contributed by atoms with Crippen molar-refractivity contribution in [2.75, 3.05) is 17.5 Å². The van der Waals surface area contributed by atoms with E-state index < -0.39 is 25.9 Å². The number of sulfonamides is 2. The number of nitrogens with zero attached hydrogens (tertiary/aromatic N) is 1. The lowest BCUT2D eigenvalue weighted by Crippen LogP contribution is -2.22. The zero-order valence-corrected chi connectivity index (χ0v) is 15.5. The number of nitrogens with one attached hydrogen (secondary N) is 1. The first-order chi connectivity index (χ1) is 12.1. The Balaban J connectivity index is 2.10. The zero-order valence-electron chi connectivity index (χ0n) is 13.9. The van der Waals surface area contributed by atoms with E-state index >= 15 is 0 Å². The van der Waals surface area contributed by atoms with Crippen molar-refractivity contribution >= 4 is 31.6 Å². The van der Waals surface area contributed by atoms with E-state index in [2.05, 4.69) is 9.71 Å². The Morgan fingerprint density at radius 2 is 1.69 bits per heavy atom. The normalized spacial score (nSPS) is 12.8. The van der Waals surface area contributed by atoms with E-state index in [9.17, 15) is 21.9 Å². The van der Waals surface area contributed by atoms with Crippen LogP contribution in [-0.2, 0) is 26.5 Å². The minimum atomic E-state index is -3.74. The number of rotatable bonds is 7. The van der Waals surface area contributed by atoms with Gasteiger partial charge >= 0.3 is 0 Å². The van der Waals surface area contributed by atoms with Gasteiger partial charge in [-0.3, -0.25) is 4.72 Å². The minimum Gasteiger partial charge on any atom is -0.858 e. The second-order valence-electron chi connectivity index (χ2n) is 5.55. The monoisotopic (exact) mass is 396 g/mol. The summed E-state index contributed by atoms with van der Waals surface area (Å²) in [7, 11) is -7.26. The summed E-state index contributed by atoms with van der Waals surface area (Å²) >= 11 is 0. The highest BCUT2D eigenvalue weighted by atomic mass is 32.2. The number of hydrogen-bond acceptors (Lipinski definition) is 6. The van der Waals surface area contributed by atoms with Crippen molar-refractivity contribution in [3.8, 4) is 0 Å². The Kier molecular flexibility index (Phi) is 6.01. The fourth-order valence-electron chi connectivity index (χ4n) is 2.18. The van der Waals surface area contributed by atoms with Crippen molar-refractivity contribution in [2.45, 2.75) is 11.3 Å². The van der Waals surface area contributed by atoms with Crippen LogP contribution in [0.15, 0.2) is 58.4 Å². The second kappa shape index (κ2) is 7.85. The fraction of sp³-hybridized carbons (Fsp3) is 0.188. The summed E-state index contributed by atoms with van der Waals surface area (Å²) in [4.78, 5) is 3.94. The number of hydrogen-bond donors (Lipinski definition) is 2. The largest absolute Gasteiger partial charge is 0.858 e. The molecule has 0 aliphatic heterocycles. The van der Waals surface area contributed by atoms with Gasteiger partial charge in [0, 0.05) is 12.1 Å². The highest BCUT2D eigenvalue weighted by Crippen LogP contribution is 2.16. The van der Waals surface area contributed by atoms with Crippen molar-refractivity contribution < 1.29 is 21.9 Å². The molecule has 0 amide bonds. The molecule has 0 bridgehead atoms. The summed E-state index contributed by atoms with van der Waals surface area (Å²) in [5.41, 5.74) is 1.11. The number of primary sulfonamides is 1. The van der Waals surface area contributed by atoms with Gasteiger partial charge in [0.1, 0.15) is 0 Å². The lowest BCUT2D eigenvalue weighted by Gasteiger charge is -2.16. The molecule has 10 heteroatoms. The zero-order chi connectivity index (χ0) is 19.4. The lowest BCUT2D eigenvalue weighted by atomic mass is 10.1. The van der Waals surface area contributed by atoms with Gasteiger partial charge in [0.15, 0.2) is 0 Å². The van der Waals surface area contributed by atoms with E-state index in [-0.39, 0.29) is 22.7 Å². The number of aliphatic imine (C=N–C) groups is 1. The first-order valence-electron chi connectivity index (χ1n) is 7.47. The number of para-hydroxylation sites is 1. The van der Waals surface area contributed by atoms with Crippen LogP contribution in [0.25, 0.3) is 0 Å². The van der Waals surface area contributed by atoms with Gasteiger partial charge in [0.05, 0.1) is 16.8 Å². The van der Waals surface area contributed by atoms with Gasteiger partial charge in [-0.1, -0.05) is 30.3 Å². The topological polar surface area (TPSA) is 142 Å². The lowest BCUT2D eigenvalue weighted by molar-refractivity contribution is -0.213. The maximum atomic E-state index is 12.2. The molecule has 0 heterocycles. The number of benzene rings is 2. The van der Waals surface area contributed by atoms with E-state index in [1.54, 1.807) is 24.3 Å². The Hall–Kier alpha value is -2.43. The van der Waals surface area contributed by atoms with Crippen LogP contribution in [0.1, 0.15) is 11.1 Å². The Labute approximate surface area is 152 Å². The van der Waals surface area contributed by atoms with Crippen LogP contribution < -0.4 is 15.0 Å². The molecule has 0 aliphatic carbocycles. The molecule has 0 fully saturated rings. The van der Waals surface area contributed by atoms with Crippen molar-refractivity contribution in [3.05, 3.63) is 59.7 Å². The van der Waals surface area contributed by atoms with Crippen LogP contribution in [0.2, 0.25) is 0 Å². The molecular formula is C16H18N3O5S2-. The molecule has 0 aromatic heterocycles. The van der Waals surface area contributed by atoms with Crippen LogP contribution in [0.4, 0.5) is 5.69 Å².